The largest absolute Gasteiger partial charge is 0.490 e. The number of rotatable bonds is 11. The number of amides is 1. The van der Waals surface area contributed by atoms with Crippen LogP contribution in [0.5, 0.6) is 11.5 Å². The Kier molecular flexibility index (Phi) is 8.97. The number of hydrazine groups is 1. The monoisotopic (exact) mass is 539 g/mol. The molecule has 0 fully saturated rings. The second-order valence-corrected chi connectivity index (χ2v) is 8.82. The van der Waals surface area contributed by atoms with Crippen molar-refractivity contribution in [3.63, 3.8) is 0 Å². The van der Waals surface area contributed by atoms with Crippen molar-refractivity contribution >= 4 is 39.0 Å². The number of amidine groups is 1. The van der Waals surface area contributed by atoms with Crippen LogP contribution in [0.1, 0.15) is 37.9 Å². The van der Waals surface area contributed by atoms with Crippen molar-refractivity contribution in [3.8, 4) is 11.5 Å². The van der Waals surface area contributed by atoms with E-state index in [1.807, 2.05) is 57.2 Å². The smallest absolute Gasteiger partial charge is 0.265 e. The molecule has 0 aliphatic heterocycles. The van der Waals surface area contributed by atoms with E-state index in [-0.39, 0.29) is 17.8 Å². The zero-order valence-corrected chi connectivity index (χ0v) is 21.5. The number of hydrogen-bond acceptors (Lipinski definition) is 6. The van der Waals surface area contributed by atoms with Gasteiger partial charge in [-0.3, -0.25) is 21.1 Å². The minimum absolute atomic E-state index is 0.0226. The van der Waals surface area contributed by atoms with Gasteiger partial charge in [-0.05, 0) is 90.8 Å². The van der Waals surface area contributed by atoms with Gasteiger partial charge in [-0.1, -0.05) is 18.2 Å². The zero-order valence-electron chi connectivity index (χ0n) is 19.9. The minimum atomic E-state index is -0.763. The van der Waals surface area contributed by atoms with E-state index in [0.29, 0.717) is 34.9 Å². The molecule has 0 radical (unpaired) electrons. The first-order valence-electron chi connectivity index (χ1n) is 11.2. The van der Waals surface area contributed by atoms with E-state index in [2.05, 4.69) is 32.1 Å². The van der Waals surface area contributed by atoms with E-state index in [1.54, 1.807) is 30.3 Å². The van der Waals surface area contributed by atoms with Crippen LogP contribution in [0.15, 0.2) is 71.2 Å². The molecule has 3 aromatic rings. The highest BCUT2D eigenvalue weighted by Crippen LogP contribution is 2.33. The van der Waals surface area contributed by atoms with Crippen LogP contribution in [0.2, 0.25) is 0 Å². The van der Waals surface area contributed by atoms with Gasteiger partial charge in [0.1, 0.15) is 11.9 Å². The predicted octanol–water partition coefficient (Wildman–Crippen LogP) is 5.22. The lowest BCUT2D eigenvalue weighted by Gasteiger charge is -2.23. The van der Waals surface area contributed by atoms with Crippen LogP contribution in [0, 0.1) is 5.41 Å². The number of anilines is 2. The van der Waals surface area contributed by atoms with Gasteiger partial charge < -0.3 is 20.5 Å². The van der Waals surface area contributed by atoms with Crippen LogP contribution in [0.3, 0.4) is 0 Å². The molecule has 0 bridgehead atoms. The predicted molar refractivity (Wildman–Crippen MR) is 143 cm³/mol. The fraction of sp³-hybridized carbons (Fsp3) is 0.231. The van der Waals surface area contributed by atoms with E-state index in [0.717, 1.165) is 10.2 Å². The molecule has 35 heavy (non-hydrogen) atoms. The van der Waals surface area contributed by atoms with Gasteiger partial charge in [-0.25, -0.2) is 0 Å². The van der Waals surface area contributed by atoms with Crippen molar-refractivity contribution in [1.29, 1.82) is 5.41 Å². The Bertz CT molecular complexity index is 1170. The van der Waals surface area contributed by atoms with Crippen molar-refractivity contribution in [2.45, 2.75) is 32.9 Å². The third-order valence-electron chi connectivity index (χ3n) is 4.93. The SMILES string of the molecule is CCOc1cc(C(Nc2ccc(C(=N)N)cc2)C(=O)NNc2ccccc2Br)ccc1OC(C)C. The van der Waals surface area contributed by atoms with Gasteiger partial charge in [0, 0.05) is 15.7 Å². The summed E-state index contributed by atoms with van der Waals surface area (Å²) in [5.41, 5.74) is 14.0. The first-order valence-corrected chi connectivity index (χ1v) is 12.0. The van der Waals surface area contributed by atoms with Gasteiger partial charge in [-0.2, -0.15) is 0 Å². The van der Waals surface area contributed by atoms with Gasteiger partial charge in [-0.15, -0.1) is 0 Å². The Morgan fingerprint density at radius 2 is 1.77 bits per heavy atom. The van der Waals surface area contributed by atoms with Crippen LogP contribution in [0.4, 0.5) is 11.4 Å². The number of nitrogens with one attached hydrogen (secondary N) is 4. The van der Waals surface area contributed by atoms with E-state index in [9.17, 15) is 4.79 Å². The van der Waals surface area contributed by atoms with Crippen LogP contribution in [-0.4, -0.2) is 24.5 Å². The zero-order chi connectivity index (χ0) is 25.4. The molecule has 0 spiro atoms. The Morgan fingerprint density at radius 1 is 1.06 bits per heavy atom. The molecule has 0 saturated heterocycles. The van der Waals surface area contributed by atoms with E-state index in [1.165, 1.54) is 0 Å². The average molecular weight is 540 g/mol. The molecule has 184 valence electrons. The molecule has 0 aliphatic carbocycles. The summed E-state index contributed by atoms with van der Waals surface area (Å²) < 4.78 is 12.5. The van der Waals surface area contributed by atoms with Gasteiger partial charge >= 0.3 is 0 Å². The molecule has 9 heteroatoms. The molecule has 3 aromatic carbocycles. The summed E-state index contributed by atoms with van der Waals surface area (Å²) in [6.45, 7) is 6.24. The lowest BCUT2D eigenvalue weighted by Crippen LogP contribution is -2.37. The summed E-state index contributed by atoms with van der Waals surface area (Å²) >= 11 is 3.47. The van der Waals surface area contributed by atoms with Gasteiger partial charge in [0.2, 0.25) is 0 Å². The van der Waals surface area contributed by atoms with Gasteiger partial charge in [0.15, 0.2) is 11.5 Å². The molecule has 1 amide bonds. The number of carbonyl (C=O) groups is 1. The molecular formula is C26H30BrN5O3. The lowest BCUT2D eigenvalue weighted by molar-refractivity contribution is -0.121. The van der Waals surface area contributed by atoms with Crippen molar-refractivity contribution in [2.24, 2.45) is 5.73 Å². The van der Waals surface area contributed by atoms with Gasteiger partial charge in [0.25, 0.3) is 5.91 Å². The fourth-order valence-electron chi connectivity index (χ4n) is 3.30. The fourth-order valence-corrected chi connectivity index (χ4v) is 3.68. The highest BCUT2D eigenvalue weighted by Gasteiger charge is 2.23. The average Bonchev–Trinajstić information content (AvgIpc) is 2.83. The number of nitrogens with two attached hydrogens (primary N) is 1. The highest BCUT2D eigenvalue weighted by molar-refractivity contribution is 9.10. The quantitative estimate of drug-likeness (QED) is 0.129. The number of para-hydroxylation sites is 1. The molecule has 0 heterocycles. The second-order valence-electron chi connectivity index (χ2n) is 7.97. The van der Waals surface area contributed by atoms with Crippen LogP contribution < -0.4 is 31.4 Å². The minimum Gasteiger partial charge on any atom is -0.490 e. The summed E-state index contributed by atoms with van der Waals surface area (Å²) in [6, 6.07) is 19.2. The number of carbonyl (C=O) groups excluding carboxylic acids is 1. The Morgan fingerprint density at radius 3 is 2.40 bits per heavy atom. The maximum absolute atomic E-state index is 13.4. The van der Waals surface area contributed by atoms with E-state index < -0.39 is 6.04 Å². The van der Waals surface area contributed by atoms with E-state index in [4.69, 9.17) is 20.6 Å². The van der Waals surface area contributed by atoms with Crippen LogP contribution >= 0.6 is 15.9 Å². The molecule has 0 saturated carbocycles. The molecule has 0 aliphatic rings. The number of hydrogen-bond donors (Lipinski definition) is 5. The summed E-state index contributed by atoms with van der Waals surface area (Å²) in [5, 5.41) is 10.9. The number of benzene rings is 3. The second kappa shape index (κ2) is 12.1. The molecule has 0 aromatic heterocycles. The maximum Gasteiger partial charge on any atom is 0.265 e. The Labute approximate surface area is 213 Å². The number of nitrogen functional groups attached to an aromatic ring is 1. The summed E-state index contributed by atoms with van der Waals surface area (Å²) in [7, 11) is 0. The molecule has 8 nitrogen and oxygen atoms in total. The molecule has 6 N–H and O–H groups in total. The summed E-state index contributed by atoms with van der Waals surface area (Å²) in [6.07, 6.45) is -0.0226. The molecule has 1 unspecified atom stereocenters. The van der Waals surface area contributed by atoms with Crippen LogP contribution in [0.25, 0.3) is 0 Å². The first-order chi connectivity index (χ1) is 16.8. The van der Waals surface area contributed by atoms with Crippen molar-refractivity contribution in [2.75, 3.05) is 17.3 Å². The van der Waals surface area contributed by atoms with Crippen molar-refractivity contribution in [1.82, 2.24) is 5.43 Å². The first kappa shape index (κ1) is 25.9. The number of halogens is 1. The highest BCUT2D eigenvalue weighted by atomic mass is 79.9. The Balaban J connectivity index is 1.91. The van der Waals surface area contributed by atoms with Crippen molar-refractivity contribution < 1.29 is 14.3 Å². The molecule has 1 atom stereocenters. The maximum atomic E-state index is 13.4. The number of ether oxygens (including phenoxy) is 2. The third kappa shape index (κ3) is 7.13. The Hall–Kier alpha value is -3.72. The van der Waals surface area contributed by atoms with Crippen LogP contribution in [-0.2, 0) is 4.79 Å². The molecule has 3 rings (SSSR count). The standard InChI is InChI=1S/C26H30BrN5O3/c1-4-34-23-15-18(11-14-22(23)35-16(2)3)24(30-19-12-9-17(10-13-19)25(28)29)26(33)32-31-21-8-6-5-7-20(21)27/h5-16,24,30-31H,4H2,1-3H3,(H3,28,29)(H,32,33). The van der Waals surface area contributed by atoms with Gasteiger partial charge in [0.05, 0.1) is 18.4 Å². The molecular weight excluding hydrogens is 510 g/mol. The normalized spacial score (nSPS) is 11.5. The lowest BCUT2D eigenvalue weighted by atomic mass is 10.0. The topological polar surface area (TPSA) is 121 Å². The third-order valence-corrected chi connectivity index (χ3v) is 5.62. The van der Waals surface area contributed by atoms with Crippen molar-refractivity contribution in [3.05, 3.63) is 82.3 Å². The summed E-state index contributed by atoms with van der Waals surface area (Å²) in [5.74, 6) is 0.841. The summed E-state index contributed by atoms with van der Waals surface area (Å²) in [4.78, 5) is 13.4. The van der Waals surface area contributed by atoms with E-state index >= 15 is 0 Å².